The fourth-order valence-electron chi connectivity index (χ4n) is 3.40. The zero-order valence-electron chi connectivity index (χ0n) is 15.2. The van der Waals surface area contributed by atoms with E-state index in [4.69, 9.17) is 0 Å². The standard InChI is InChI=1S/C20H21FN6/c1-15-13-18(16-5-2-6-17(21)14-16)23-25-20(15)27-10-4-9-26(11-12-27)19-7-3-8-22-24-19/h2-3,5-8,13-14H,4,9-12H2,1H3. The van der Waals surface area contributed by atoms with Gasteiger partial charge in [0.25, 0.3) is 0 Å². The van der Waals surface area contributed by atoms with Crippen molar-refractivity contribution in [3.8, 4) is 11.3 Å². The maximum absolute atomic E-state index is 13.5. The van der Waals surface area contributed by atoms with Gasteiger partial charge in [0.2, 0.25) is 0 Å². The number of hydrogen-bond acceptors (Lipinski definition) is 6. The maximum atomic E-state index is 13.5. The lowest BCUT2D eigenvalue weighted by atomic mass is 10.1. The van der Waals surface area contributed by atoms with Gasteiger partial charge in [-0.15, -0.1) is 15.3 Å². The largest absolute Gasteiger partial charge is 0.353 e. The molecule has 6 nitrogen and oxygen atoms in total. The van der Waals surface area contributed by atoms with Crippen LogP contribution in [0.2, 0.25) is 0 Å². The summed E-state index contributed by atoms with van der Waals surface area (Å²) < 4.78 is 13.5. The molecule has 0 aliphatic carbocycles. The third-order valence-corrected chi connectivity index (χ3v) is 4.76. The van der Waals surface area contributed by atoms with Gasteiger partial charge in [-0.3, -0.25) is 0 Å². The number of rotatable bonds is 3. The molecule has 0 amide bonds. The zero-order chi connectivity index (χ0) is 18.6. The molecule has 0 unspecified atom stereocenters. The van der Waals surface area contributed by atoms with Crippen molar-refractivity contribution >= 4 is 11.6 Å². The Kier molecular flexibility index (Phi) is 4.91. The predicted molar refractivity (Wildman–Crippen MR) is 103 cm³/mol. The molecule has 7 heteroatoms. The van der Waals surface area contributed by atoms with Crippen LogP contribution >= 0.6 is 0 Å². The van der Waals surface area contributed by atoms with Gasteiger partial charge in [0.15, 0.2) is 11.6 Å². The molecule has 138 valence electrons. The van der Waals surface area contributed by atoms with Gasteiger partial charge >= 0.3 is 0 Å². The quantitative estimate of drug-likeness (QED) is 0.712. The first kappa shape index (κ1) is 17.3. The Bertz CT molecular complexity index is 917. The third-order valence-electron chi connectivity index (χ3n) is 4.76. The minimum Gasteiger partial charge on any atom is -0.353 e. The monoisotopic (exact) mass is 364 g/mol. The first-order chi connectivity index (χ1) is 13.2. The molecule has 0 spiro atoms. The highest BCUT2D eigenvalue weighted by Crippen LogP contribution is 2.24. The van der Waals surface area contributed by atoms with Crippen LogP contribution in [0.15, 0.2) is 48.7 Å². The van der Waals surface area contributed by atoms with Crippen LogP contribution in [0.5, 0.6) is 0 Å². The van der Waals surface area contributed by atoms with Crippen molar-refractivity contribution in [3.05, 3.63) is 60.0 Å². The lowest BCUT2D eigenvalue weighted by Gasteiger charge is -2.24. The van der Waals surface area contributed by atoms with E-state index in [0.29, 0.717) is 5.69 Å². The summed E-state index contributed by atoms with van der Waals surface area (Å²) in [7, 11) is 0. The first-order valence-corrected chi connectivity index (χ1v) is 9.08. The highest BCUT2D eigenvalue weighted by atomic mass is 19.1. The Morgan fingerprint density at radius 1 is 0.889 bits per heavy atom. The highest BCUT2D eigenvalue weighted by Gasteiger charge is 2.19. The summed E-state index contributed by atoms with van der Waals surface area (Å²) in [5.74, 6) is 1.52. The van der Waals surface area contributed by atoms with E-state index < -0.39 is 0 Å². The molecule has 1 fully saturated rings. The molecule has 1 aromatic carbocycles. The van der Waals surface area contributed by atoms with E-state index in [1.165, 1.54) is 12.1 Å². The van der Waals surface area contributed by atoms with Crippen LogP contribution in [0.1, 0.15) is 12.0 Å². The van der Waals surface area contributed by atoms with Crippen molar-refractivity contribution in [1.82, 2.24) is 20.4 Å². The molecule has 0 bridgehead atoms. The number of nitrogens with zero attached hydrogens (tertiary/aromatic N) is 6. The lowest BCUT2D eigenvalue weighted by Crippen LogP contribution is -2.32. The van der Waals surface area contributed by atoms with Gasteiger partial charge in [-0.25, -0.2) is 4.39 Å². The van der Waals surface area contributed by atoms with Gasteiger partial charge in [-0.2, -0.15) is 5.10 Å². The summed E-state index contributed by atoms with van der Waals surface area (Å²) in [6.07, 6.45) is 2.69. The van der Waals surface area contributed by atoms with Gasteiger partial charge in [0.05, 0.1) is 5.69 Å². The maximum Gasteiger partial charge on any atom is 0.154 e. The summed E-state index contributed by atoms with van der Waals surface area (Å²) in [6.45, 7) is 5.56. The number of benzene rings is 1. The second kappa shape index (κ2) is 7.65. The molecule has 3 aromatic rings. The second-order valence-electron chi connectivity index (χ2n) is 6.66. The Labute approximate surface area is 157 Å². The molecule has 1 saturated heterocycles. The van der Waals surface area contributed by atoms with E-state index in [0.717, 1.165) is 55.4 Å². The van der Waals surface area contributed by atoms with Gasteiger partial charge in [-0.1, -0.05) is 12.1 Å². The summed E-state index contributed by atoms with van der Waals surface area (Å²) >= 11 is 0. The van der Waals surface area contributed by atoms with Gasteiger partial charge < -0.3 is 9.80 Å². The minimum absolute atomic E-state index is 0.271. The third kappa shape index (κ3) is 3.86. The topological polar surface area (TPSA) is 58.0 Å². The molecule has 1 aliphatic rings. The number of aryl methyl sites for hydroxylation is 1. The lowest BCUT2D eigenvalue weighted by molar-refractivity contribution is 0.628. The van der Waals surface area contributed by atoms with Crippen molar-refractivity contribution in [2.24, 2.45) is 0 Å². The first-order valence-electron chi connectivity index (χ1n) is 9.08. The molecule has 0 atom stereocenters. The Hall–Kier alpha value is -3.09. The van der Waals surface area contributed by atoms with Crippen LogP contribution in [0.4, 0.5) is 16.0 Å². The summed E-state index contributed by atoms with van der Waals surface area (Å²) in [5.41, 5.74) is 2.46. The Balaban J connectivity index is 1.52. The fourth-order valence-corrected chi connectivity index (χ4v) is 3.40. The van der Waals surface area contributed by atoms with Crippen LogP contribution < -0.4 is 9.80 Å². The summed E-state index contributed by atoms with van der Waals surface area (Å²) in [4.78, 5) is 4.50. The Morgan fingerprint density at radius 3 is 2.52 bits per heavy atom. The van der Waals surface area contributed by atoms with Crippen LogP contribution in [0.25, 0.3) is 11.3 Å². The van der Waals surface area contributed by atoms with Gasteiger partial charge in [0.1, 0.15) is 5.82 Å². The molecular formula is C20H21FN6. The van der Waals surface area contributed by atoms with Crippen molar-refractivity contribution in [1.29, 1.82) is 0 Å². The molecule has 0 saturated carbocycles. The van der Waals surface area contributed by atoms with E-state index in [1.807, 2.05) is 31.2 Å². The van der Waals surface area contributed by atoms with E-state index in [9.17, 15) is 4.39 Å². The van der Waals surface area contributed by atoms with Crippen LogP contribution in [0, 0.1) is 12.7 Å². The minimum atomic E-state index is -0.271. The van der Waals surface area contributed by atoms with Crippen molar-refractivity contribution in [2.75, 3.05) is 36.0 Å². The molecular weight excluding hydrogens is 343 g/mol. The van der Waals surface area contributed by atoms with E-state index in [-0.39, 0.29) is 5.82 Å². The summed E-state index contributed by atoms with van der Waals surface area (Å²) in [6, 6.07) is 12.3. The second-order valence-corrected chi connectivity index (χ2v) is 6.66. The molecule has 4 rings (SSSR count). The Morgan fingerprint density at radius 2 is 1.74 bits per heavy atom. The average Bonchev–Trinajstić information content (AvgIpc) is 2.95. The van der Waals surface area contributed by atoms with Crippen molar-refractivity contribution < 1.29 is 4.39 Å². The van der Waals surface area contributed by atoms with E-state index in [1.54, 1.807) is 12.3 Å². The molecule has 2 aromatic heterocycles. The van der Waals surface area contributed by atoms with Gasteiger partial charge in [0, 0.05) is 37.9 Å². The predicted octanol–water partition coefficient (Wildman–Crippen LogP) is 3.10. The molecule has 0 radical (unpaired) electrons. The van der Waals surface area contributed by atoms with Crippen molar-refractivity contribution in [3.63, 3.8) is 0 Å². The van der Waals surface area contributed by atoms with Crippen molar-refractivity contribution in [2.45, 2.75) is 13.3 Å². The van der Waals surface area contributed by atoms with E-state index >= 15 is 0 Å². The molecule has 0 N–H and O–H groups in total. The van der Waals surface area contributed by atoms with E-state index in [2.05, 4.69) is 30.2 Å². The number of halogens is 1. The van der Waals surface area contributed by atoms with Gasteiger partial charge in [-0.05, 0) is 49.2 Å². The average molecular weight is 364 g/mol. The zero-order valence-corrected chi connectivity index (χ0v) is 15.2. The SMILES string of the molecule is Cc1cc(-c2cccc(F)c2)nnc1N1CCCN(c2cccnn2)CC1. The smallest absolute Gasteiger partial charge is 0.154 e. The normalized spacial score (nSPS) is 14.9. The van der Waals surface area contributed by atoms with Crippen LogP contribution in [-0.4, -0.2) is 46.6 Å². The number of anilines is 2. The summed E-state index contributed by atoms with van der Waals surface area (Å²) in [5, 5.41) is 17.0. The molecule has 27 heavy (non-hydrogen) atoms. The number of aromatic nitrogens is 4. The molecule has 3 heterocycles. The number of hydrogen-bond donors (Lipinski definition) is 0. The molecule has 1 aliphatic heterocycles. The highest BCUT2D eigenvalue weighted by molar-refractivity contribution is 5.62. The van der Waals surface area contributed by atoms with Crippen LogP contribution in [-0.2, 0) is 0 Å². The van der Waals surface area contributed by atoms with Crippen LogP contribution in [0.3, 0.4) is 0 Å². The fraction of sp³-hybridized carbons (Fsp3) is 0.300.